The SMILES string of the molecule is Cc1ccc(NC(=O)c2cc(-c3cccc4c3C(C)(C)C(=O)N4c3cccnc3)cnc2C)cc1.Cc1ccc(NC(=O)c2cc(-c3cccc4c3C(C)(C)C(=O)N4c3cncc(F)c3)cnc2C(F)(F)F)cc1.Cc1ccc(NC(=O)c2cc(-c3cccc4c3C(C)(C)C(=O)N4c3ncccn3)cnc2C)cc1.Cc1ccc(NC(=O)c2cc(-c3ccnc4c3C(C)(C)C(=O)N4c3ccccn3)cnc2C(F)(F)F)cc1F. The first-order chi connectivity index (χ1) is 70.3. The zero-order valence-electron chi connectivity index (χ0n) is 82.3. The molecule has 4 aliphatic heterocycles. The maximum Gasteiger partial charge on any atom is 0.434 e. The summed E-state index contributed by atoms with van der Waals surface area (Å²) in [6, 6.07) is 61.4. The van der Waals surface area contributed by atoms with Gasteiger partial charge in [0.1, 0.15) is 23.3 Å². The lowest BCUT2D eigenvalue weighted by Gasteiger charge is -2.21. The second kappa shape index (κ2) is 40.0. The van der Waals surface area contributed by atoms with E-state index in [1.165, 1.54) is 53.5 Å². The van der Waals surface area contributed by atoms with Crippen molar-refractivity contribution in [2.24, 2.45) is 0 Å². The number of amides is 8. The number of anilines is 12. The molecule has 4 aliphatic rings. The van der Waals surface area contributed by atoms with Crippen LogP contribution < -0.4 is 40.9 Å². The van der Waals surface area contributed by atoms with Gasteiger partial charge in [0.05, 0.1) is 102 Å². The van der Waals surface area contributed by atoms with E-state index >= 15 is 0 Å². The molecule has 9 aromatic heterocycles. The predicted molar refractivity (Wildman–Crippen MR) is 548 cm³/mol. The van der Waals surface area contributed by atoms with Gasteiger partial charge in [-0.15, -0.1) is 0 Å². The van der Waals surface area contributed by atoms with E-state index in [-0.39, 0.29) is 63.8 Å². The van der Waals surface area contributed by atoms with Crippen LogP contribution in [0.1, 0.15) is 164 Å². The van der Waals surface area contributed by atoms with Gasteiger partial charge in [0, 0.05) is 112 Å². The zero-order valence-corrected chi connectivity index (χ0v) is 82.3. The number of carbonyl (C=O) groups is 8. The number of rotatable bonds is 16. The van der Waals surface area contributed by atoms with Crippen molar-refractivity contribution in [2.75, 3.05) is 40.9 Å². The molecule has 7 aromatic carbocycles. The number of aromatic nitrogens is 10. The third-order valence-electron chi connectivity index (χ3n) is 26.0. The van der Waals surface area contributed by atoms with E-state index in [2.05, 4.69) is 71.1 Å². The number of carbonyl (C=O) groups excluding carboxylic acids is 8. The average Bonchev–Trinajstić information content (AvgIpc) is 1.59. The third kappa shape index (κ3) is 19.8. The molecule has 0 aliphatic carbocycles. The van der Waals surface area contributed by atoms with Crippen molar-refractivity contribution in [3.8, 4) is 44.5 Å². The topological polar surface area (TPSA) is 327 Å². The first-order valence-corrected chi connectivity index (χ1v) is 46.6. The number of hydrogen-bond donors (Lipinski definition) is 4. The van der Waals surface area contributed by atoms with Gasteiger partial charge >= 0.3 is 12.4 Å². The Morgan fingerprint density at radius 1 is 0.311 bits per heavy atom. The highest BCUT2D eigenvalue weighted by Gasteiger charge is 2.52. The summed E-state index contributed by atoms with van der Waals surface area (Å²) in [5, 5.41) is 10.7. The number of fused-ring (bicyclic) bond motifs is 4. The molecule has 16 aromatic rings. The summed E-state index contributed by atoms with van der Waals surface area (Å²) in [6.07, 6.45) is 7.67. The van der Waals surface area contributed by atoms with Crippen LogP contribution in [-0.2, 0) is 53.2 Å². The standard InChI is InChI=1S/C29H22F4N4O2.C29H26N4O2.C28H21F4N5O2.C28H25N5O2/c1-16-7-9-19(10-8-16)36-26(38)22-11-17(13-35-25(22)29(31,32)33)21-5-4-6-23-24(21)28(2,3)27(39)37(23)20-12-18(30)14-34-15-20;1-18-10-12-21(13-11-18)32-27(34)24-15-20(16-31-19(24)2)23-8-5-9-25-26(23)29(3,4)28(35)33(25)22-7-6-14-30-17-22;1-15-7-8-17(13-20(15)29)36-25(38)19-12-16(14-35-23(19)28(30,31)32)18-9-11-34-24-22(18)27(2,3)26(39)37(24)21-6-4-5-10-33-21;1-17-9-11-20(12-10-17)32-25(34)22-15-19(16-31-18(22)2)21-7-5-8-23-24(21)28(3,4)26(35)33(23)27-29-13-6-14-30-27/h4-15H,1-3H3,(H,36,38);5-17H,1-4H3,(H,32,34);4-14H,1-3H3,(H,36,38);5-16H,1-4H3,(H,32,34). The third-order valence-corrected chi connectivity index (χ3v) is 26.0. The summed E-state index contributed by atoms with van der Waals surface area (Å²) < 4.78 is 111. The highest BCUT2D eigenvalue weighted by Crippen LogP contribution is 2.55. The number of hydrogen-bond acceptors (Lipinski definition) is 18. The van der Waals surface area contributed by atoms with E-state index < -0.39 is 80.0 Å². The Morgan fingerprint density at radius 3 is 1.12 bits per heavy atom. The van der Waals surface area contributed by atoms with Crippen molar-refractivity contribution in [2.45, 2.75) is 131 Å². The van der Waals surface area contributed by atoms with E-state index in [0.717, 1.165) is 115 Å². The van der Waals surface area contributed by atoms with Crippen LogP contribution in [-0.4, -0.2) is 97.1 Å². The zero-order chi connectivity index (χ0) is 106. The second-order valence-electron chi connectivity index (χ2n) is 37.9. The molecule has 8 amide bonds. The smallest absolute Gasteiger partial charge is 0.322 e. The quantitative estimate of drug-likeness (QED) is 0.0653. The van der Waals surface area contributed by atoms with E-state index in [1.54, 1.807) is 147 Å². The summed E-state index contributed by atoms with van der Waals surface area (Å²) in [5.74, 6) is -3.65. The lowest BCUT2D eigenvalue weighted by atomic mass is 9.81. The fourth-order valence-electron chi connectivity index (χ4n) is 18.4. The van der Waals surface area contributed by atoms with Gasteiger partial charge in [0.25, 0.3) is 23.6 Å². The lowest BCUT2D eigenvalue weighted by Crippen LogP contribution is -2.34. The predicted octanol–water partition coefficient (Wildman–Crippen LogP) is 24.4. The van der Waals surface area contributed by atoms with Crippen molar-refractivity contribution in [1.82, 2.24) is 49.8 Å². The molecule has 0 saturated heterocycles. The molecular weight excluding hydrogens is 1900 g/mol. The largest absolute Gasteiger partial charge is 0.434 e. The van der Waals surface area contributed by atoms with E-state index in [1.807, 2.05) is 172 Å². The first-order valence-electron chi connectivity index (χ1n) is 46.6. The van der Waals surface area contributed by atoms with Gasteiger partial charge < -0.3 is 21.3 Å². The molecule has 148 heavy (non-hydrogen) atoms. The monoisotopic (exact) mass is 1990 g/mol. The number of alkyl halides is 6. The molecule has 0 spiro atoms. The molecule has 744 valence electrons. The van der Waals surface area contributed by atoms with Crippen molar-refractivity contribution in [1.29, 1.82) is 0 Å². The number of halogens is 8. The van der Waals surface area contributed by atoms with Crippen LogP contribution in [0.25, 0.3) is 44.5 Å². The number of nitrogens with zero attached hydrogens (tertiary/aromatic N) is 14. The first kappa shape index (κ1) is 102. The minimum atomic E-state index is -4.94. The Kier molecular flexibility index (Phi) is 27.4. The Morgan fingerprint density at radius 2 is 0.696 bits per heavy atom. The van der Waals surface area contributed by atoms with E-state index in [0.29, 0.717) is 73.5 Å². The molecule has 26 nitrogen and oxygen atoms in total. The summed E-state index contributed by atoms with van der Waals surface area (Å²) in [7, 11) is 0. The Labute approximate surface area is 845 Å². The van der Waals surface area contributed by atoms with Crippen LogP contribution in [0.5, 0.6) is 0 Å². The van der Waals surface area contributed by atoms with E-state index in [4.69, 9.17) is 0 Å². The van der Waals surface area contributed by atoms with Gasteiger partial charge in [0.15, 0.2) is 11.4 Å². The molecule has 0 atom stereocenters. The molecule has 0 saturated carbocycles. The molecule has 20 rings (SSSR count). The fraction of sp³-hybridized carbons (Fsp3) is 0.175. The summed E-state index contributed by atoms with van der Waals surface area (Å²) in [4.78, 5) is 154. The number of benzene rings is 7. The van der Waals surface area contributed by atoms with Crippen molar-refractivity contribution in [3.05, 3.63) is 394 Å². The van der Waals surface area contributed by atoms with Crippen LogP contribution in [0.4, 0.5) is 104 Å². The van der Waals surface area contributed by atoms with Crippen molar-refractivity contribution < 1.29 is 73.5 Å². The number of aryl methyl sites for hydroxylation is 6. The second-order valence-corrected chi connectivity index (χ2v) is 37.9. The van der Waals surface area contributed by atoms with Crippen molar-refractivity contribution in [3.63, 3.8) is 0 Å². The van der Waals surface area contributed by atoms with Crippen LogP contribution >= 0.6 is 0 Å². The molecule has 0 bridgehead atoms. The normalized spacial score (nSPS) is 14.2. The van der Waals surface area contributed by atoms with Crippen LogP contribution in [0.2, 0.25) is 0 Å². The lowest BCUT2D eigenvalue weighted by molar-refractivity contribution is -0.142. The Bertz CT molecular complexity index is 7770. The minimum absolute atomic E-state index is 0.0100. The number of pyridine rings is 8. The fourth-order valence-corrected chi connectivity index (χ4v) is 18.4. The van der Waals surface area contributed by atoms with Gasteiger partial charge in [-0.25, -0.2) is 38.5 Å². The maximum atomic E-state index is 14.0. The van der Waals surface area contributed by atoms with Gasteiger partial charge in [-0.2, -0.15) is 26.3 Å². The molecule has 0 unspecified atom stereocenters. The molecule has 34 heteroatoms. The van der Waals surface area contributed by atoms with Crippen molar-refractivity contribution >= 4 is 116 Å². The van der Waals surface area contributed by atoms with Crippen LogP contribution in [0.3, 0.4) is 0 Å². The highest BCUT2D eigenvalue weighted by molar-refractivity contribution is 6.18. The van der Waals surface area contributed by atoms with Crippen LogP contribution in [0, 0.1) is 53.2 Å². The molecule has 0 fully saturated rings. The van der Waals surface area contributed by atoms with Gasteiger partial charge in [-0.05, 0) is 269 Å². The highest BCUT2D eigenvalue weighted by atomic mass is 19.4. The molecule has 0 radical (unpaired) electrons. The Balaban J connectivity index is 0.000000135. The van der Waals surface area contributed by atoms with Gasteiger partial charge in [-0.3, -0.25) is 78.1 Å². The molecule has 4 N–H and O–H groups in total. The summed E-state index contributed by atoms with van der Waals surface area (Å²) in [6.45, 7) is 25.4. The minimum Gasteiger partial charge on any atom is -0.322 e. The van der Waals surface area contributed by atoms with Gasteiger partial charge in [0.2, 0.25) is 29.6 Å². The number of nitrogens with one attached hydrogen (secondary N) is 4. The Hall–Kier alpha value is -18.0. The summed E-state index contributed by atoms with van der Waals surface area (Å²) in [5.41, 5.74) is 9.60. The van der Waals surface area contributed by atoms with Crippen LogP contribution in [0.15, 0.2) is 293 Å². The van der Waals surface area contributed by atoms with Gasteiger partial charge in [-0.1, -0.05) is 102 Å². The maximum absolute atomic E-state index is 14.0. The summed E-state index contributed by atoms with van der Waals surface area (Å²) >= 11 is 0. The average molecular weight is 2000 g/mol. The molecular formula is C114H94F8N18O8. The molecule has 13 heterocycles. The van der Waals surface area contributed by atoms with E-state index in [9.17, 15) is 73.5 Å².